The number of nitrogens with zero attached hydrogens (tertiary/aromatic N) is 1. The van der Waals surface area contributed by atoms with Gasteiger partial charge < -0.3 is 14.7 Å². The minimum Gasteiger partial charge on any atom is -0.478 e. The summed E-state index contributed by atoms with van der Waals surface area (Å²) in [5, 5.41) is 9.95. The Morgan fingerprint density at radius 3 is 2.70 bits per heavy atom. The van der Waals surface area contributed by atoms with Crippen LogP contribution >= 0.6 is 11.6 Å². The highest BCUT2D eigenvalue weighted by atomic mass is 35.5. The lowest BCUT2D eigenvalue weighted by Crippen LogP contribution is -2.51. The van der Waals surface area contributed by atoms with Crippen LogP contribution in [0.2, 0.25) is 5.02 Å². The maximum Gasteiger partial charge on any atom is 0.266 e. The van der Waals surface area contributed by atoms with E-state index >= 15 is 0 Å². The Bertz CT molecular complexity index is 473. The second-order valence-corrected chi connectivity index (χ2v) is 5.98. The Kier molecular flexibility index (Phi) is 4.55. The molecule has 0 aromatic heterocycles. The molecule has 1 heterocycles. The van der Waals surface area contributed by atoms with E-state index in [2.05, 4.69) is 0 Å². The molecule has 0 saturated carbocycles. The summed E-state index contributed by atoms with van der Waals surface area (Å²) in [5.74, 6) is 0.511. The van der Waals surface area contributed by atoms with Crippen molar-refractivity contribution in [3.05, 3.63) is 29.3 Å². The van der Waals surface area contributed by atoms with Gasteiger partial charge in [0.1, 0.15) is 5.75 Å². The molecule has 20 heavy (non-hydrogen) atoms. The third-order valence-electron chi connectivity index (χ3n) is 3.55. The van der Waals surface area contributed by atoms with E-state index in [4.69, 9.17) is 16.3 Å². The van der Waals surface area contributed by atoms with Gasteiger partial charge in [-0.05, 0) is 51.0 Å². The maximum absolute atomic E-state index is 12.6. The molecule has 5 heteroatoms. The first-order valence-electron chi connectivity index (χ1n) is 6.80. The minimum absolute atomic E-state index is 0.00274. The zero-order chi connectivity index (χ0) is 14.8. The van der Waals surface area contributed by atoms with Gasteiger partial charge >= 0.3 is 0 Å². The number of carbonyl (C=O) groups is 1. The van der Waals surface area contributed by atoms with Gasteiger partial charge in [-0.1, -0.05) is 11.6 Å². The van der Waals surface area contributed by atoms with E-state index in [-0.39, 0.29) is 18.6 Å². The molecule has 0 aliphatic carbocycles. The van der Waals surface area contributed by atoms with E-state index < -0.39 is 5.60 Å². The summed E-state index contributed by atoms with van der Waals surface area (Å²) in [6.07, 6.45) is 1.77. The fraction of sp³-hybridized carbons (Fsp3) is 0.533. The van der Waals surface area contributed by atoms with Crippen LogP contribution in [0.25, 0.3) is 0 Å². The fourth-order valence-corrected chi connectivity index (χ4v) is 2.61. The van der Waals surface area contributed by atoms with E-state index in [0.717, 1.165) is 12.8 Å². The summed E-state index contributed by atoms with van der Waals surface area (Å²) in [7, 11) is 0. The van der Waals surface area contributed by atoms with Gasteiger partial charge in [0.15, 0.2) is 5.60 Å². The van der Waals surface area contributed by atoms with Gasteiger partial charge in [0.05, 0.1) is 12.6 Å². The average Bonchev–Trinajstić information content (AvgIpc) is 2.88. The summed E-state index contributed by atoms with van der Waals surface area (Å²) < 4.78 is 5.79. The molecular weight excluding hydrogens is 278 g/mol. The highest BCUT2D eigenvalue weighted by Crippen LogP contribution is 2.26. The number of ether oxygens (including phenoxy) is 1. The quantitative estimate of drug-likeness (QED) is 0.929. The molecule has 0 radical (unpaired) electrons. The number of hydrogen-bond acceptors (Lipinski definition) is 3. The van der Waals surface area contributed by atoms with Crippen molar-refractivity contribution in [1.82, 2.24) is 4.90 Å². The number of aliphatic hydroxyl groups excluding tert-OH is 1. The molecule has 1 aliphatic heterocycles. The topological polar surface area (TPSA) is 49.8 Å². The second-order valence-electron chi connectivity index (χ2n) is 5.54. The van der Waals surface area contributed by atoms with Crippen LogP contribution < -0.4 is 4.74 Å². The Labute approximate surface area is 124 Å². The molecule has 1 aliphatic rings. The van der Waals surface area contributed by atoms with E-state index in [0.29, 0.717) is 17.3 Å². The Morgan fingerprint density at radius 1 is 1.45 bits per heavy atom. The van der Waals surface area contributed by atoms with Crippen molar-refractivity contribution in [2.45, 2.75) is 38.3 Å². The van der Waals surface area contributed by atoms with Crippen LogP contribution in [0.5, 0.6) is 5.75 Å². The molecule has 4 nitrogen and oxygen atoms in total. The van der Waals surface area contributed by atoms with Crippen LogP contribution in [0, 0.1) is 0 Å². The smallest absolute Gasteiger partial charge is 0.266 e. The first-order valence-corrected chi connectivity index (χ1v) is 7.18. The lowest BCUT2D eigenvalue weighted by Gasteiger charge is -2.32. The number of benzene rings is 1. The highest BCUT2D eigenvalue weighted by molar-refractivity contribution is 6.30. The van der Waals surface area contributed by atoms with E-state index in [1.807, 2.05) is 0 Å². The predicted molar refractivity (Wildman–Crippen MR) is 78.0 cm³/mol. The van der Waals surface area contributed by atoms with Crippen molar-refractivity contribution < 1.29 is 14.6 Å². The molecule has 1 aromatic rings. The lowest BCUT2D eigenvalue weighted by atomic mass is 10.1. The molecule has 1 amide bonds. The number of halogens is 1. The van der Waals surface area contributed by atoms with Crippen molar-refractivity contribution in [2.75, 3.05) is 13.2 Å². The molecule has 0 bridgehead atoms. The number of likely N-dealkylation sites (tertiary alicyclic amines) is 1. The molecule has 110 valence electrons. The van der Waals surface area contributed by atoms with E-state index in [1.165, 1.54) is 0 Å². The largest absolute Gasteiger partial charge is 0.478 e. The van der Waals surface area contributed by atoms with Gasteiger partial charge in [0.2, 0.25) is 0 Å². The number of hydrogen-bond donors (Lipinski definition) is 1. The van der Waals surface area contributed by atoms with Gasteiger partial charge in [0, 0.05) is 11.6 Å². The molecular formula is C15H20ClNO3. The maximum atomic E-state index is 12.6. The van der Waals surface area contributed by atoms with Crippen molar-refractivity contribution >= 4 is 17.5 Å². The number of carbonyl (C=O) groups excluding carboxylic acids is 1. The molecule has 0 unspecified atom stereocenters. The highest BCUT2D eigenvalue weighted by Gasteiger charge is 2.39. The molecule has 1 N–H and O–H groups in total. The Morgan fingerprint density at radius 2 is 2.10 bits per heavy atom. The van der Waals surface area contributed by atoms with Crippen molar-refractivity contribution in [1.29, 1.82) is 0 Å². The molecule has 1 fully saturated rings. The first-order chi connectivity index (χ1) is 9.44. The van der Waals surface area contributed by atoms with Crippen LogP contribution in [-0.2, 0) is 4.79 Å². The summed E-state index contributed by atoms with van der Waals surface area (Å²) in [4.78, 5) is 14.3. The Balaban J connectivity index is 2.09. The SMILES string of the molecule is CC(C)(Oc1ccc(Cl)cc1)C(=O)N1CCC[C@@H]1CO. The fourth-order valence-electron chi connectivity index (χ4n) is 2.48. The third-order valence-corrected chi connectivity index (χ3v) is 3.80. The molecule has 1 atom stereocenters. The summed E-state index contributed by atoms with van der Waals surface area (Å²) in [5.41, 5.74) is -0.967. The van der Waals surface area contributed by atoms with Crippen molar-refractivity contribution in [2.24, 2.45) is 0 Å². The third kappa shape index (κ3) is 3.25. The van der Waals surface area contributed by atoms with Crippen molar-refractivity contribution in [3.63, 3.8) is 0 Å². The van der Waals surface area contributed by atoms with Crippen LogP contribution in [0.15, 0.2) is 24.3 Å². The summed E-state index contributed by atoms with van der Waals surface area (Å²) >= 11 is 5.83. The van der Waals surface area contributed by atoms with Crippen LogP contribution in [0.1, 0.15) is 26.7 Å². The number of amides is 1. The Hall–Kier alpha value is -1.26. The monoisotopic (exact) mass is 297 g/mol. The summed E-state index contributed by atoms with van der Waals surface area (Å²) in [6.45, 7) is 4.17. The van der Waals surface area contributed by atoms with Crippen LogP contribution in [-0.4, -0.2) is 40.7 Å². The van der Waals surface area contributed by atoms with Crippen molar-refractivity contribution in [3.8, 4) is 5.75 Å². The van der Waals surface area contributed by atoms with E-state index in [9.17, 15) is 9.90 Å². The molecule has 1 aromatic carbocycles. The predicted octanol–water partition coefficient (Wildman–Crippen LogP) is 2.48. The first kappa shape index (κ1) is 15.1. The van der Waals surface area contributed by atoms with Gasteiger partial charge in [-0.2, -0.15) is 0 Å². The van der Waals surface area contributed by atoms with Crippen LogP contribution in [0.4, 0.5) is 0 Å². The van der Waals surface area contributed by atoms with Gasteiger partial charge in [-0.3, -0.25) is 4.79 Å². The lowest BCUT2D eigenvalue weighted by molar-refractivity contribution is -0.147. The normalized spacial score (nSPS) is 19.2. The number of aliphatic hydroxyl groups is 1. The number of rotatable bonds is 4. The minimum atomic E-state index is -0.967. The standard InChI is InChI=1S/C15H20ClNO3/c1-15(2,20-13-7-5-11(16)6-8-13)14(19)17-9-3-4-12(17)10-18/h5-8,12,18H,3-4,9-10H2,1-2H3/t12-/m1/s1. The van der Waals surface area contributed by atoms with E-state index in [1.54, 1.807) is 43.0 Å². The van der Waals surface area contributed by atoms with Gasteiger partial charge in [-0.15, -0.1) is 0 Å². The van der Waals surface area contributed by atoms with Gasteiger partial charge in [0.25, 0.3) is 5.91 Å². The zero-order valence-electron chi connectivity index (χ0n) is 11.8. The second kappa shape index (κ2) is 6.02. The molecule has 0 spiro atoms. The molecule has 2 rings (SSSR count). The van der Waals surface area contributed by atoms with Crippen LogP contribution in [0.3, 0.4) is 0 Å². The molecule has 1 saturated heterocycles. The summed E-state index contributed by atoms with van der Waals surface area (Å²) in [6, 6.07) is 6.85. The zero-order valence-corrected chi connectivity index (χ0v) is 12.6. The average molecular weight is 298 g/mol. The van der Waals surface area contributed by atoms with Gasteiger partial charge in [-0.25, -0.2) is 0 Å².